The van der Waals surface area contributed by atoms with Crippen LogP contribution in [0.1, 0.15) is 46.0 Å². The Morgan fingerprint density at radius 1 is 1.00 bits per heavy atom. The zero-order valence-corrected chi connectivity index (χ0v) is 10.5. The molecular formula is C13H28N2. The Balaban J connectivity index is 0.000000151. The van der Waals surface area contributed by atoms with Crippen molar-refractivity contribution < 1.29 is 0 Å². The fourth-order valence-electron chi connectivity index (χ4n) is 2.30. The summed E-state index contributed by atoms with van der Waals surface area (Å²) < 4.78 is 0. The van der Waals surface area contributed by atoms with Gasteiger partial charge in [-0.15, -0.1) is 0 Å². The van der Waals surface area contributed by atoms with Crippen molar-refractivity contribution in [3.8, 4) is 0 Å². The molecular weight excluding hydrogens is 184 g/mol. The second-order valence-corrected chi connectivity index (χ2v) is 5.07. The van der Waals surface area contributed by atoms with Crippen molar-refractivity contribution >= 4 is 0 Å². The third-order valence-corrected chi connectivity index (χ3v) is 3.52. The highest BCUT2D eigenvalue weighted by Crippen LogP contribution is 2.12. The quantitative estimate of drug-likeness (QED) is 0.697. The molecule has 2 aliphatic rings. The first-order chi connectivity index (χ1) is 7.33. The molecule has 0 aromatic rings. The highest BCUT2D eigenvalue weighted by Gasteiger charge is 2.08. The highest BCUT2D eigenvalue weighted by molar-refractivity contribution is 4.66. The van der Waals surface area contributed by atoms with E-state index in [2.05, 4.69) is 24.5 Å². The van der Waals surface area contributed by atoms with Gasteiger partial charge >= 0.3 is 0 Å². The van der Waals surface area contributed by atoms with Gasteiger partial charge in [0.1, 0.15) is 0 Å². The van der Waals surface area contributed by atoms with Gasteiger partial charge in [-0.2, -0.15) is 0 Å². The Morgan fingerprint density at radius 3 is 1.93 bits per heavy atom. The topological polar surface area (TPSA) is 24.1 Å². The zero-order valence-electron chi connectivity index (χ0n) is 10.5. The van der Waals surface area contributed by atoms with Gasteiger partial charge < -0.3 is 10.6 Å². The van der Waals surface area contributed by atoms with Gasteiger partial charge in [-0.25, -0.2) is 0 Å². The monoisotopic (exact) mass is 212 g/mol. The predicted molar refractivity (Wildman–Crippen MR) is 67.2 cm³/mol. The molecule has 0 bridgehead atoms. The Hall–Kier alpha value is -0.0800. The number of hydrogen-bond donors (Lipinski definition) is 2. The molecule has 2 heterocycles. The molecule has 90 valence electrons. The molecule has 0 aromatic carbocycles. The maximum atomic E-state index is 3.39. The number of rotatable bonds is 1. The minimum atomic E-state index is 0.925. The van der Waals surface area contributed by atoms with E-state index >= 15 is 0 Å². The van der Waals surface area contributed by atoms with Gasteiger partial charge in [0.05, 0.1) is 0 Å². The van der Waals surface area contributed by atoms with Crippen molar-refractivity contribution in [2.45, 2.75) is 46.0 Å². The molecule has 2 fully saturated rings. The lowest BCUT2D eigenvalue weighted by molar-refractivity contribution is 0.369. The van der Waals surface area contributed by atoms with Gasteiger partial charge in [-0.1, -0.05) is 20.3 Å². The third kappa shape index (κ3) is 6.16. The van der Waals surface area contributed by atoms with Crippen LogP contribution >= 0.6 is 0 Å². The lowest BCUT2D eigenvalue weighted by Gasteiger charge is -2.20. The van der Waals surface area contributed by atoms with Crippen molar-refractivity contribution in [2.24, 2.45) is 11.8 Å². The van der Waals surface area contributed by atoms with E-state index in [-0.39, 0.29) is 0 Å². The smallest absolute Gasteiger partial charge is 0.00206 e. The molecule has 1 unspecified atom stereocenters. The molecule has 2 atom stereocenters. The predicted octanol–water partition coefficient (Wildman–Crippen LogP) is 2.40. The first-order valence-electron chi connectivity index (χ1n) is 6.74. The molecule has 2 saturated heterocycles. The Morgan fingerprint density at radius 2 is 1.67 bits per heavy atom. The summed E-state index contributed by atoms with van der Waals surface area (Å²) in [5.41, 5.74) is 0. The fraction of sp³-hybridized carbons (Fsp3) is 1.00. The normalized spacial score (nSPS) is 31.6. The van der Waals surface area contributed by atoms with Crippen LogP contribution < -0.4 is 10.6 Å². The van der Waals surface area contributed by atoms with E-state index in [1.165, 1.54) is 58.3 Å². The molecule has 2 aliphatic heterocycles. The van der Waals surface area contributed by atoms with E-state index in [0.717, 1.165) is 11.8 Å². The van der Waals surface area contributed by atoms with Crippen LogP contribution in [0, 0.1) is 11.8 Å². The van der Waals surface area contributed by atoms with Gasteiger partial charge in [0.15, 0.2) is 0 Å². The van der Waals surface area contributed by atoms with Crippen molar-refractivity contribution in [2.75, 3.05) is 26.2 Å². The molecule has 2 heteroatoms. The van der Waals surface area contributed by atoms with Crippen LogP contribution in [-0.4, -0.2) is 26.2 Å². The second-order valence-electron chi connectivity index (χ2n) is 5.07. The van der Waals surface area contributed by atoms with Crippen LogP contribution in [0.2, 0.25) is 0 Å². The molecule has 0 saturated carbocycles. The molecule has 2 nitrogen and oxygen atoms in total. The van der Waals surface area contributed by atoms with Gasteiger partial charge in [0.2, 0.25) is 0 Å². The van der Waals surface area contributed by atoms with Crippen LogP contribution in [0.15, 0.2) is 0 Å². The summed E-state index contributed by atoms with van der Waals surface area (Å²) in [6, 6.07) is 0. The van der Waals surface area contributed by atoms with Crippen LogP contribution in [0.3, 0.4) is 0 Å². The molecule has 2 rings (SSSR count). The van der Waals surface area contributed by atoms with Gasteiger partial charge in [0.25, 0.3) is 0 Å². The zero-order chi connectivity index (χ0) is 10.9. The second kappa shape index (κ2) is 8.12. The molecule has 0 spiro atoms. The molecule has 0 amide bonds. The summed E-state index contributed by atoms with van der Waals surface area (Å²) in [6.07, 6.45) is 6.99. The summed E-state index contributed by atoms with van der Waals surface area (Å²) in [5.74, 6) is 1.90. The molecule has 0 aromatic heterocycles. The molecule has 2 N–H and O–H groups in total. The Labute approximate surface area is 95.2 Å². The lowest BCUT2D eigenvalue weighted by Crippen LogP contribution is -2.29. The average Bonchev–Trinajstić information content (AvgIpc) is 2.32. The van der Waals surface area contributed by atoms with Crippen LogP contribution in [-0.2, 0) is 0 Å². The number of piperidine rings is 2. The summed E-state index contributed by atoms with van der Waals surface area (Å²) in [5, 5.41) is 6.72. The van der Waals surface area contributed by atoms with E-state index in [1.807, 2.05) is 0 Å². The van der Waals surface area contributed by atoms with Gasteiger partial charge in [0, 0.05) is 0 Å². The largest absolute Gasteiger partial charge is 0.316 e. The first-order valence-corrected chi connectivity index (χ1v) is 6.74. The van der Waals surface area contributed by atoms with Crippen molar-refractivity contribution in [3.63, 3.8) is 0 Å². The van der Waals surface area contributed by atoms with E-state index in [4.69, 9.17) is 0 Å². The van der Waals surface area contributed by atoms with E-state index in [9.17, 15) is 0 Å². The Kier molecular flexibility index (Phi) is 7.03. The third-order valence-electron chi connectivity index (χ3n) is 3.52. The fourth-order valence-corrected chi connectivity index (χ4v) is 2.30. The maximum Gasteiger partial charge on any atom is -0.00206 e. The minimum Gasteiger partial charge on any atom is -0.316 e. The van der Waals surface area contributed by atoms with E-state index in [1.54, 1.807) is 0 Å². The minimum absolute atomic E-state index is 0.925. The van der Waals surface area contributed by atoms with Gasteiger partial charge in [-0.3, -0.25) is 0 Å². The highest BCUT2D eigenvalue weighted by atomic mass is 14.9. The average molecular weight is 212 g/mol. The summed E-state index contributed by atoms with van der Waals surface area (Å²) >= 11 is 0. The number of nitrogens with one attached hydrogen (secondary N) is 2. The van der Waals surface area contributed by atoms with Crippen LogP contribution in [0.5, 0.6) is 0 Å². The van der Waals surface area contributed by atoms with Crippen LogP contribution in [0.4, 0.5) is 0 Å². The summed E-state index contributed by atoms with van der Waals surface area (Å²) in [6.45, 7) is 9.56. The van der Waals surface area contributed by atoms with Crippen LogP contribution in [0.25, 0.3) is 0 Å². The van der Waals surface area contributed by atoms with Gasteiger partial charge in [-0.05, 0) is 63.7 Å². The molecule has 0 radical (unpaired) electrons. The molecule has 0 aliphatic carbocycles. The SMILES string of the molecule is CC1CCCNC1.CC[C@H]1CCCNC1. The Bertz CT molecular complexity index is 135. The lowest BCUT2D eigenvalue weighted by atomic mass is 9.97. The molecule has 15 heavy (non-hydrogen) atoms. The van der Waals surface area contributed by atoms with Crippen molar-refractivity contribution in [3.05, 3.63) is 0 Å². The summed E-state index contributed by atoms with van der Waals surface area (Å²) in [4.78, 5) is 0. The standard InChI is InChI=1S/C7H15N.C6H13N/c1-2-7-4-3-5-8-6-7;1-6-3-2-4-7-5-6/h7-8H,2-6H2,1H3;6-7H,2-5H2,1H3/t7-;/m0./s1. The van der Waals surface area contributed by atoms with Crippen molar-refractivity contribution in [1.82, 2.24) is 10.6 Å². The summed E-state index contributed by atoms with van der Waals surface area (Å²) in [7, 11) is 0. The van der Waals surface area contributed by atoms with E-state index < -0.39 is 0 Å². The maximum absolute atomic E-state index is 3.39. The first kappa shape index (κ1) is 13.0. The van der Waals surface area contributed by atoms with Crippen molar-refractivity contribution in [1.29, 1.82) is 0 Å². The number of hydrogen-bond acceptors (Lipinski definition) is 2. The van der Waals surface area contributed by atoms with E-state index in [0.29, 0.717) is 0 Å².